The number of aromatic amines is 1. The van der Waals surface area contributed by atoms with E-state index < -0.39 is 5.97 Å². The molecule has 2 heterocycles. The number of halogens is 1. The first-order valence-corrected chi connectivity index (χ1v) is 7.79. The van der Waals surface area contributed by atoms with E-state index in [4.69, 9.17) is 11.6 Å². The summed E-state index contributed by atoms with van der Waals surface area (Å²) in [4.78, 5) is 35.1. The third-order valence-corrected chi connectivity index (χ3v) is 3.96. The zero-order valence-corrected chi connectivity index (χ0v) is 14.3. The Morgan fingerprint density at radius 2 is 2.12 bits per heavy atom. The maximum absolute atomic E-state index is 12.3. The largest absolute Gasteiger partial charge is 0.465 e. The van der Waals surface area contributed by atoms with E-state index in [2.05, 4.69) is 19.7 Å². The normalized spacial score (nSPS) is 11.6. The summed E-state index contributed by atoms with van der Waals surface area (Å²) in [6.45, 7) is 1.90. The maximum atomic E-state index is 12.3. The van der Waals surface area contributed by atoms with Gasteiger partial charge in [0.15, 0.2) is 5.82 Å². The Balaban J connectivity index is 2.12. The molecule has 0 fully saturated rings. The zero-order chi connectivity index (χ0) is 18.0. The van der Waals surface area contributed by atoms with Gasteiger partial charge in [-0.15, -0.1) is 0 Å². The standard InChI is InChI=1S/C18H14ClN3O3/c1-10-4-3-7-20-14(10)9-13(19)16-21-15-8-11(18(24)25-2)5-6-12(15)17(23)22-16/h3-9H,1-2H3,(H,21,22,23)/b13-9-. The van der Waals surface area contributed by atoms with E-state index in [9.17, 15) is 9.59 Å². The molecule has 0 saturated heterocycles. The number of hydrogen-bond acceptors (Lipinski definition) is 5. The highest BCUT2D eigenvalue weighted by atomic mass is 35.5. The van der Waals surface area contributed by atoms with Crippen LogP contribution in [-0.4, -0.2) is 28.0 Å². The molecule has 6 nitrogen and oxygen atoms in total. The van der Waals surface area contributed by atoms with Gasteiger partial charge in [-0.25, -0.2) is 9.78 Å². The number of nitrogens with one attached hydrogen (secondary N) is 1. The molecule has 0 radical (unpaired) electrons. The van der Waals surface area contributed by atoms with Gasteiger partial charge in [0.05, 0.1) is 34.3 Å². The van der Waals surface area contributed by atoms with E-state index in [0.717, 1.165) is 5.56 Å². The highest BCUT2D eigenvalue weighted by Gasteiger charge is 2.11. The lowest BCUT2D eigenvalue weighted by Gasteiger charge is -2.05. The van der Waals surface area contributed by atoms with Crippen LogP contribution >= 0.6 is 11.6 Å². The number of nitrogens with zero attached hydrogens (tertiary/aromatic N) is 2. The number of benzene rings is 1. The van der Waals surface area contributed by atoms with Gasteiger partial charge in [0, 0.05) is 6.20 Å². The molecule has 3 rings (SSSR count). The van der Waals surface area contributed by atoms with Crippen molar-refractivity contribution in [3.63, 3.8) is 0 Å². The molecule has 0 aliphatic carbocycles. The summed E-state index contributed by atoms with van der Waals surface area (Å²) >= 11 is 6.31. The number of H-pyrrole nitrogens is 1. The molecule has 1 N–H and O–H groups in total. The number of fused-ring (bicyclic) bond motifs is 1. The summed E-state index contributed by atoms with van der Waals surface area (Å²) in [5.41, 5.74) is 1.93. The summed E-state index contributed by atoms with van der Waals surface area (Å²) < 4.78 is 4.69. The monoisotopic (exact) mass is 355 g/mol. The highest BCUT2D eigenvalue weighted by Crippen LogP contribution is 2.21. The quantitative estimate of drug-likeness (QED) is 0.729. The van der Waals surface area contributed by atoms with Gasteiger partial charge in [0.25, 0.3) is 5.56 Å². The fraction of sp³-hybridized carbons (Fsp3) is 0.111. The summed E-state index contributed by atoms with van der Waals surface area (Å²) in [5, 5.41) is 0.596. The van der Waals surface area contributed by atoms with Gasteiger partial charge in [-0.1, -0.05) is 17.7 Å². The average Bonchev–Trinajstić information content (AvgIpc) is 2.62. The average molecular weight is 356 g/mol. The van der Waals surface area contributed by atoms with E-state index in [0.29, 0.717) is 22.2 Å². The number of aromatic nitrogens is 3. The lowest BCUT2D eigenvalue weighted by molar-refractivity contribution is 0.0601. The van der Waals surface area contributed by atoms with E-state index in [1.165, 1.54) is 25.3 Å². The molecule has 0 aliphatic rings. The van der Waals surface area contributed by atoms with Crippen LogP contribution in [0.4, 0.5) is 0 Å². The van der Waals surface area contributed by atoms with Crippen molar-refractivity contribution in [2.24, 2.45) is 0 Å². The fourth-order valence-electron chi connectivity index (χ4n) is 2.33. The van der Waals surface area contributed by atoms with Crippen LogP contribution in [0, 0.1) is 6.92 Å². The predicted octanol–water partition coefficient (Wildman–Crippen LogP) is 3.15. The van der Waals surface area contributed by atoms with Gasteiger partial charge in [-0.3, -0.25) is 9.78 Å². The van der Waals surface area contributed by atoms with Crippen LogP contribution in [0.2, 0.25) is 0 Å². The first kappa shape index (κ1) is 16.9. The van der Waals surface area contributed by atoms with Crippen LogP contribution in [0.5, 0.6) is 0 Å². The van der Waals surface area contributed by atoms with Crippen molar-refractivity contribution < 1.29 is 9.53 Å². The lowest BCUT2D eigenvalue weighted by atomic mass is 10.1. The maximum Gasteiger partial charge on any atom is 0.337 e. The number of rotatable bonds is 3. The van der Waals surface area contributed by atoms with Crippen LogP contribution in [0.25, 0.3) is 22.0 Å². The van der Waals surface area contributed by atoms with Gasteiger partial charge in [0.1, 0.15) is 0 Å². The molecule has 0 amide bonds. The smallest absolute Gasteiger partial charge is 0.337 e. The summed E-state index contributed by atoms with van der Waals surface area (Å²) in [7, 11) is 1.29. The molecule has 7 heteroatoms. The molecule has 0 bridgehead atoms. The number of hydrogen-bond donors (Lipinski definition) is 1. The Kier molecular flexibility index (Phi) is 4.63. The van der Waals surface area contributed by atoms with Gasteiger partial charge >= 0.3 is 5.97 Å². The number of carbonyl (C=O) groups excluding carboxylic acids is 1. The van der Waals surface area contributed by atoms with Crippen molar-refractivity contribution in [1.29, 1.82) is 0 Å². The van der Waals surface area contributed by atoms with E-state index in [1.807, 2.05) is 19.1 Å². The van der Waals surface area contributed by atoms with Crippen molar-refractivity contribution >= 4 is 39.6 Å². The minimum atomic E-state index is -0.503. The molecule has 126 valence electrons. The molecular weight excluding hydrogens is 342 g/mol. The third-order valence-electron chi connectivity index (χ3n) is 3.67. The molecule has 2 aromatic heterocycles. The Labute approximate surface area is 148 Å². The number of aryl methyl sites for hydroxylation is 1. The summed E-state index contributed by atoms with van der Waals surface area (Å²) in [6, 6.07) is 8.26. The van der Waals surface area contributed by atoms with Crippen molar-refractivity contribution in [2.75, 3.05) is 7.11 Å². The molecule has 0 aliphatic heterocycles. The molecule has 1 aromatic carbocycles. The van der Waals surface area contributed by atoms with Crippen molar-refractivity contribution in [2.45, 2.75) is 6.92 Å². The Morgan fingerprint density at radius 1 is 1.32 bits per heavy atom. The van der Waals surface area contributed by atoms with Crippen molar-refractivity contribution in [3.05, 3.63) is 69.5 Å². The second-order valence-electron chi connectivity index (χ2n) is 5.34. The van der Waals surface area contributed by atoms with E-state index >= 15 is 0 Å². The van der Waals surface area contributed by atoms with Crippen LogP contribution in [0.3, 0.4) is 0 Å². The lowest BCUT2D eigenvalue weighted by Crippen LogP contribution is -2.11. The molecule has 25 heavy (non-hydrogen) atoms. The first-order chi connectivity index (χ1) is 12.0. The van der Waals surface area contributed by atoms with Crippen LogP contribution in [-0.2, 0) is 4.74 Å². The van der Waals surface area contributed by atoms with Gasteiger partial charge in [0.2, 0.25) is 0 Å². The number of carbonyl (C=O) groups is 1. The van der Waals surface area contributed by atoms with Crippen LogP contribution in [0.1, 0.15) is 27.4 Å². The van der Waals surface area contributed by atoms with Gasteiger partial charge in [-0.2, -0.15) is 0 Å². The van der Waals surface area contributed by atoms with Crippen molar-refractivity contribution in [3.8, 4) is 0 Å². The van der Waals surface area contributed by atoms with Gasteiger partial charge in [-0.05, 0) is 42.8 Å². The van der Waals surface area contributed by atoms with Crippen LogP contribution in [0.15, 0.2) is 41.3 Å². The molecular formula is C18H14ClN3O3. The number of esters is 1. The zero-order valence-electron chi connectivity index (χ0n) is 13.5. The Bertz CT molecular complexity index is 1060. The molecule has 0 unspecified atom stereocenters. The van der Waals surface area contributed by atoms with E-state index in [-0.39, 0.29) is 16.4 Å². The number of pyridine rings is 1. The predicted molar refractivity (Wildman–Crippen MR) is 96.4 cm³/mol. The Hall–Kier alpha value is -2.99. The molecule has 0 atom stereocenters. The Morgan fingerprint density at radius 3 is 2.84 bits per heavy atom. The minimum absolute atomic E-state index is 0.200. The SMILES string of the molecule is COC(=O)c1ccc2c(=O)[nH]c(/C(Cl)=C/c3ncccc3C)nc2c1. The summed E-state index contributed by atoms with van der Waals surface area (Å²) in [5.74, 6) is -0.303. The molecule has 3 aromatic rings. The second kappa shape index (κ2) is 6.86. The topological polar surface area (TPSA) is 84.9 Å². The number of methoxy groups -OCH3 is 1. The van der Waals surface area contributed by atoms with Crippen LogP contribution < -0.4 is 5.56 Å². The molecule has 0 saturated carbocycles. The highest BCUT2D eigenvalue weighted by molar-refractivity contribution is 6.50. The summed E-state index contributed by atoms with van der Waals surface area (Å²) in [6.07, 6.45) is 3.29. The fourth-order valence-corrected chi connectivity index (χ4v) is 2.53. The minimum Gasteiger partial charge on any atom is -0.465 e. The van der Waals surface area contributed by atoms with E-state index in [1.54, 1.807) is 12.3 Å². The first-order valence-electron chi connectivity index (χ1n) is 7.41. The third kappa shape index (κ3) is 3.44. The molecule has 0 spiro atoms. The second-order valence-corrected chi connectivity index (χ2v) is 5.74. The number of ether oxygens (including phenoxy) is 1. The van der Waals surface area contributed by atoms with Crippen molar-refractivity contribution in [1.82, 2.24) is 15.0 Å². The van der Waals surface area contributed by atoms with Gasteiger partial charge < -0.3 is 9.72 Å².